The lowest BCUT2D eigenvalue weighted by molar-refractivity contribution is 0.0519. The van der Waals surface area contributed by atoms with Crippen LogP contribution in [0.5, 0.6) is 0 Å². The molecule has 0 amide bonds. The molecule has 0 unspecified atom stereocenters. The third kappa shape index (κ3) is 3.20. The average molecular weight is 406 g/mol. The van der Waals surface area contributed by atoms with E-state index < -0.39 is 5.97 Å². The topological polar surface area (TPSA) is 105 Å². The summed E-state index contributed by atoms with van der Waals surface area (Å²) in [6.45, 7) is 2.19. The van der Waals surface area contributed by atoms with Crippen LogP contribution in [-0.4, -0.2) is 39.5 Å². The SMILES string of the molecule is CCOC(=O)c1nnc2c(-c3ccc(Br)cc3)c(COC)nn2c1N. The standard InChI is InChI=1S/C16H16BrN5O3/c1-3-25-16(23)13-14(18)22-15(20-19-13)12(11(21-22)8-24-2)9-4-6-10(17)7-5-9/h4-7H,3,8,18H2,1-2H3. The molecule has 0 aliphatic carbocycles. The number of aromatic nitrogens is 4. The molecule has 0 saturated heterocycles. The maximum atomic E-state index is 12.0. The zero-order valence-corrected chi connectivity index (χ0v) is 15.3. The summed E-state index contributed by atoms with van der Waals surface area (Å²) in [6.07, 6.45) is 0. The van der Waals surface area contributed by atoms with Crippen molar-refractivity contribution in [3.8, 4) is 11.1 Å². The van der Waals surface area contributed by atoms with Crippen LogP contribution in [-0.2, 0) is 16.1 Å². The Morgan fingerprint density at radius 2 is 2.00 bits per heavy atom. The van der Waals surface area contributed by atoms with Crippen molar-refractivity contribution in [3.63, 3.8) is 0 Å². The van der Waals surface area contributed by atoms with Crippen LogP contribution in [0.25, 0.3) is 16.8 Å². The first-order valence-electron chi connectivity index (χ1n) is 7.52. The van der Waals surface area contributed by atoms with Gasteiger partial charge in [0.1, 0.15) is 0 Å². The van der Waals surface area contributed by atoms with Crippen molar-refractivity contribution in [2.24, 2.45) is 0 Å². The Morgan fingerprint density at radius 1 is 1.28 bits per heavy atom. The van der Waals surface area contributed by atoms with Crippen molar-refractivity contribution < 1.29 is 14.3 Å². The normalized spacial score (nSPS) is 11.0. The lowest BCUT2D eigenvalue weighted by Gasteiger charge is -2.05. The van der Waals surface area contributed by atoms with Crippen LogP contribution in [0.2, 0.25) is 0 Å². The van der Waals surface area contributed by atoms with E-state index in [9.17, 15) is 4.79 Å². The average Bonchev–Trinajstić information content (AvgIpc) is 2.96. The fraction of sp³-hybridized carbons (Fsp3) is 0.250. The number of carbonyl (C=O) groups is 1. The van der Waals surface area contributed by atoms with Gasteiger partial charge in [-0.15, -0.1) is 10.2 Å². The van der Waals surface area contributed by atoms with Gasteiger partial charge < -0.3 is 15.2 Å². The first-order valence-corrected chi connectivity index (χ1v) is 8.31. The number of nitrogens with zero attached hydrogens (tertiary/aromatic N) is 4. The molecule has 0 atom stereocenters. The number of methoxy groups -OCH3 is 1. The second-order valence-corrected chi connectivity index (χ2v) is 6.07. The predicted molar refractivity (Wildman–Crippen MR) is 95.0 cm³/mol. The first-order chi connectivity index (χ1) is 12.1. The Kier molecular flexibility index (Phi) is 4.95. The molecule has 0 spiro atoms. The monoisotopic (exact) mass is 405 g/mol. The minimum Gasteiger partial charge on any atom is -0.461 e. The number of halogens is 1. The fourth-order valence-corrected chi connectivity index (χ4v) is 2.72. The molecule has 0 fully saturated rings. The number of carbonyl (C=O) groups excluding carboxylic acids is 1. The molecular weight excluding hydrogens is 390 g/mol. The van der Waals surface area contributed by atoms with Crippen LogP contribution in [0.4, 0.5) is 5.82 Å². The van der Waals surface area contributed by atoms with Gasteiger partial charge in [-0.25, -0.2) is 4.79 Å². The van der Waals surface area contributed by atoms with Gasteiger partial charge in [0.2, 0.25) is 5.69 Å². The van der Waals surface area contributed by atoms with Crippen molar-refractivity contribution in [1.82, 2.24) is 19.8 Å². The van der Waals surface area contributed by atoms with E-state index in [2.05, 4.69) is 31.2 Å². The van der Waals surface area contributed by atoms with Crippen LogP contribution >= 0.6 is 15.9 Å². The summed E-state index contributed by atoms with van der Waals surface area (Å²) in [4.78, 5) is 12.0. The molecule has 3 rings (SSSR count). The van der Waals surface area contributed by atoms with Gasteiger partial charge in [-0.3, -0.25) is 0 Å². The molecule has 0 radical (unpaired) electrons. The molecular formula is C16H16BrN5O3. The minimum atomic E-state index is -0.636. The van der Waals surface area contributed by atoms with Crippen LogP contribution in [0.3, 0.4) is 0 Å². The smallest absolute Gasteiger partial charge is 0.362 e. The molecule has 1 aromatic carbocycles. The first kappa shape index (κ1) is 17.3. The highest BCUT2D eigenvalue weighted by atomic mass is 79.9. The molecule has 0 saturated carbocycles. The Hall–Kier alpha value is -2.52. The summed E-state index contributed by atoms with van der Waals surface area (Å²) in [5, 5.41) is 12.5. The minimum absolute atomic E-state index is 0.0665. The number of anilines is 1. The van der Waals surface area contributed by atoms with E-state index in [1.807, 2.05) is 24.3 Å². The zero-order chi connectivity index (χ0) is 18.0. The number of nitrogen functional groups attached to an aromatic ring is 1. The van der Waals surface area contributed by atoms with Gasteiger partial charge in [0.15, 0.2) is 11.5 Å². The number of ether oxygens (including phenoxy) is 2. The van der Waals surface area contributed by atoms with E-state index in [-0.39, 0.29) is 24.7 Å². The quantitative estimate of drug-likeness (QED) is 0.649. The number of nitrogens with two attached hydrogens (primary N) is 1. The maximum Gasteiger partial charge on any atom is 0.362 e. The highest BCUT2D eigenvalue weighted by molar-refractivity contribution is 9.10. The predicted octanol–water partition coefficient (Wildman–Crippen LogP) is 2.46. The second kappa shape index (κ2) is 7.16. The van der Waals surface area contributed by atoms with E-state index in [1.165, 1.54) is 4.52 Å². The van der Waals surface area contributed by atoms with E-state index in [0.717, 1.165) is 15.6 Å². The van der Waals surface area contributed by atoms with Crippen LogP contribution < -0.4 is 5.73 Å². The van der Waals surface area contributed by atoms with Crippen molar-refractivity contribution >= 4 is 33.4 Å². The molecule has 25 heavy (non-hydrogen) atoms. The van der Waals surface area contributed by atoms with Crippen molar-refractivity contribution in [1.29, 1.82) is 0 Å². The lowest BCUT2D eigenvalue weighted by Crippen LogP contribution is -2.15. The molecule has 0 bridgehead atoms. The summed E-state index contributed by atoms with van der Waals surface area (Å²) in [5.74, 6) is -0.562. The third-order valence-corrected chi connectivity index (χ3v) is 4.06. The van der Waals surface area contributed by atoms with Gasteiger partial charge in [0.25, 0.3) is 0 Å². The Morgan fingerprint density at radius 3 is 2.64 bits per heavy atom. The number of fused-ring (bicyclic) bond motifs is 1. The fourth-order valence-electron chi connectivity index (χ4n) is 2.46. The Labute approximate surface area is 152 Å². The number of benzene rings is 1. The van der Waals surface area contributed by atoms with Gasteiger partial charge in [0.05, 0.1) is 24.5 Å². The number of esters is 1. The molecule has 0 aliphatic heterocycles. The Balaban J connectivity index is 2.22. The molecule has 8 nitrogen and oxygen atoms in total. The van der Waals surface area contributed by atoms with E-state index >= 15 is 0 Å². The van der Waals surface area contributed by atoms with Crippen LogP contribution in [0.15, 0.2) is 28.7 Å². The lowest BCUT2D eigenvalue weighted by atomic mass is 10.1. The van der Waals surface area contributed by atoms with Gasteiger partial charge in [-0.05, 0) is 24.6 Å². The van der Waals surface area contributed by atoms with Crippen LogP contribution in [0, 0.1) is 0 Å². The van der Waals surface area contributed by atoms with Crippen molar-refractivity contribution in [2.75, 3.05) is 19.5 Å². The van der Waals surface area contributed by atoms with Crippen molar-refractivity contribution in [3.05, 3.63) is 40.1 Å². The number of hydrogen-bond donors (Lipinski definition) is 1. The molecule has 2 aromatic heterocycles. The third-order valence-electron chi connectivity index (χ3n) is 3.53. The highest BCUT2D eigenvalue weighted by Gasteiger charge is 2.23. The Bertz CT molecular complexity index is 924. The summed E-state index contributed by atoms with van der Waals surface area (Å²) >= 11 is 3.41. The van der Waals surface area contributed by atoms with Crippen molar-refractivity contribution in [2.45, 2.75) is 13.5 Å². The summed E-state index contributed by atoms with van der Waals surface area (Å²) < 4.78 is 12.5. The molecule has 0 aliphatic rings. The highest BCUT2D eigenvalue weighted by Crippen LogP contribution is 2.30. The number of hydrogen-bond acceptors (Lipinski definition) is 7. The van der Waals surface area contributed by atoms with Gasteiger partial charge in [-0.2, -0.15) is 9.61 Å². The number of rotatable bonds is 5. The van der Waals surface area contributed by atoms with E-state index in [1.54, 1.807) is 14.0 Å². The summed E-state index contributed by atoms with van der Waals surface area (Å²) in [5.41, 5.74) is 8.75. The van der Waals surface area contributed by atoms with Gasteiger partial charge in [-0.1, -0.05) is 28.1 Å². The summed E-state index contributed by atoms with van der Waals surface area (Å²) in [6, 6.07) is 7.69. The zero-order valence-electron chi connectivity index (χ0n) is 13.7. The second-order valence-electron chi connectivity index (χ2n) is 5.15. The summed E-state index contributed by atoms with van der Waals surface area (Å²) in [7, 11) is 1.58. The maximum absolute atomic E-state index is 12.0. The molecule has 2 heterocycles. The molecule has 3 aromatic rings. The largest absolute Gasteiger partial charge is 0.461 e. The molecule has 2 N–H and O–H groups in total. The van der Waals surface area contributed by atoms with Gasteiger partial charge >= 0.3 is 5.97 Å². The van der Waals surface area contributed by atoms with Gasteiger partial charge in [0, 0.05) is 11.6 Å². The molecule has 9 heteroatoms. The molecule has 130 valence electrons. The van der Waals surface area contributed by atoms with E-state index in [4.69, 9.17) is 15.2 Å². The van der Waals surface area contributed by atoms with E-state index in [0.29, 0.717) is 11.3 Å². The van der Waals surface area contributed by atoms with Crippen LogP contribution in [0.1, 0.15) is 23.1 Å².